The highest BCUT2D eigenvalue weighted by molar-refractivity contribution is 5.90. The number of rotatable bonds is 4. The molecule has 0 aliphatic carbocycles. The molecule has 0 atom stereocenters. The van der Waals surface area contributed by atoms with Crippen LogP contribution in [0.15, 0.2) is 30.5 Å². The van der Waals surface area contributed by atoms with Gasteiger partial charge in [-0.3, -0.25) is 4.68 Å². The minimum atomic E-state index is -0.309. The molecular formula is C15H18N2O2. The number of esters is 1. The number of ether oxygens (including phenoxy) is 1. The number of carbonyl (C=O) groups excluding carboxylic acids is 1. The lowest BCUT2D eigenvalue weighted by atomic mass is 10.1. The number of hydrogen-bond donors (Lipinski definition) is 0. The van der Waals surface area contributed by atoms with Gasteiger partial charge < -0.3 is 4.74 Å². The third kappa shape index (κ3) is 2.84. The van der Waals surface area contributed by atoms with Gasteiger partial charge in [0.25, 0.3) is 0 Å². The van der Waals surface area contributed by atoms with Crippen LogP contribution in [0, 0.1) is 13.8 Å². The maximum atomic E-state index is 11.7. The summed E-state index contributed by atoms with van der Waals surface area (Å²) in [6.45, 7) is 6.79. The van der Waals surface area contributed by atoms with Crippen LogP contribution in [0.1, 0.15) is 34.1 Å². The Bertz CT molecular complexity index is 588. The van der Waals surface area contributed by atoms with Crippen molar-refractivity contribution in [3.05, 3.63) is 52.8 Å². The first kappa shape index (κ1) is 13.3. The van der Waals surface area contributed by atoms with Crippen molar-refractivity contribution in [2.24, 2.45) is 0 Å². The van der Waals surface area contributed by atoms with Crippen LogP contribution < -0.4 is 0 Å². The normalized spacial score (nSPS) is 10.5. The summed E-state index contributed by atoms with van der Waals surface area (Å²) in [4.78, 5) is 11.7. The molecule has 0 N–H and O–H groups in total. The summed E-state index contributed by atoms with van der Waals surface area (Å²) in [5.41, 5.74) is 3.79. The number of carbonyl (C=O) groups is 1. The lowest BCUT2D eigenvalue weighted by Gasteiger charge is -2.08. The van der Waals surface area contributed by atoms with Crippen LogP contribution >= 0.6 is 0 Å². The summed E-state index contributed by atoms with van der Waals surface area (Å²) in [7, 11) is 0. The molecule has 0 saturated heterocycles. The first-order valence-corrected chi connectivity index (χ1v) is 6.37. The maximum Gasteiger partial charge on any atom is 0.341 e. The SMILES string of the molecule is CCOC(=O)c1cnn(Cc2ccccc2C)c1C. The van der Waals surface area contributed by atoms with Gasteiger partial charge in [0, 0.05) is 0 Å². The van der Waals surface area contributed by atoms with E-state index in [1.165, 1.54) is 11.1 Å². The molecule has 0 amide bonds. The van der Waals surface area contributed by atoms with Gasteiger partial charge in [-0.05, 0) is 31.9 Å². The summed E-state index contributed by atoms with van der Waals surface area (Å²) >= 11 is 0. The highest BCUT2D eigenvalue weighted by Gasteiger charge is 2.15. The van der Waals surface area contributed by atoms with Crippen LogP contribution in [-0.2, 0) is 11.3 Å². The molecule has 0 aliphatic rings. The second kappa shape index (κ2) is 5.69. The van der Waals surface area contributed by atoms with Crippen molar-refractivity contribution in [1.29, 1.82) is 0 Å². The highest BCUT2D eigenvalue weighted by Crippen LogP contribution is 2.13. The molecule has 0 unspecified atom stereocenters. The molecular weight excluding hydrogens is 240 g/mol. The molecule has 0 radical (unpaired) electrons. The highest BCUT2D eigenvalue weighted by atomic mass is 16.5. The molecule has 1 aromatic carbocycles. The van der Waals surface area contributed by atoms with Crippen LogP contribution in [0.5, 0.6) is 0 Å². The second-order valence-corrected chi connectivity index (χ2v) is 4.45. The van der Waals surface area contributed by atoms with Crippen LogP contribution in [-0.4, -0.2) is 22.4 Å². The Morgan fingerprint density at radius 1 is 1.32 bits per heavy atom. The summed E-state index contributed by atoms with van der Waals surface area (Å²) in [5, 5.41) is 4.27. The zero-order valence-corrected chi connectivity index (χ0v) is 11.5. The number of aromatic nitrogens is 2. The van der Waals surface area contributed by atoms with Gasteiger partial charge in [-0.25, -0.2) is 4.79 Å². The fourth-order valence-corrected chi connectivity index (χ4v) is 1.96. The Balaban J connectivity index is 2.23. The topological polar surface area (TPSA) is 44.1 Å². The van der Waals surface area contributed by atoms with E-state index in [4.69, 9.17) is 4.74 Å². The van der Waals surface area contributed by atoms with E-state index in [1.807, 2.05) is 23.7 Å². The quantitative estimate of drug-likeness (QED) is 0.792. The molecule has 1 heterocycles. The molecule has 4 nitrogen and oxygen atoms in total. The standard InChI is InChI=1S/C15H18N2O2/c1-4-19-15(18)14-9-16-17(12(14)3)10-13-8-6-5-7-11(13)2/h5-9H,4,10H2,1-3H3. The van der Waals surface area contributed by atoms with Crippen molar-refractivity contribution in [1.82, 2.24) is 9.78 Å². The van der Waals surface area contributed by atoms with Crippen molar-refractivity contribution in [3.63, 3.8) is 0 Å². The van der Waals surface area contributed by atoms with E-state index >= 15 is 0 Å². The molecule has 0 aliphatic heterocycles. The molecule has 0 fully saturated rings. The van der Waals surface area contributed by atoms with Crippen molar-refractivity contribution in [2.45, 2.75) is 27.3 Å². The minimum Gasteiger partial charge on any atom is -0.462 e. The minimum absolute atomic E-state index is 0.309. The molecule has 2 aromatic rings. The molecule has 1 aromatic heterocycles. The van der Waals surface area contributed by atoms with Gasteiger partial charge in [-0.15, -0.1) is 0 Å². The molecule has 19 heavy (non-hydrogen) atoms. The second-order valence-electron chi connectivity index (χ2n) is 4.45. The smallest absolute Gasteiger partial charge is 0.341 e. The van der Waals surface area contributed by atoms with Gasteiger partial charge in [0.2, 0.25) is 0 Å². The van der Waals surface area contributed by atoms with Crippen molar-refractivity contribution >= 4 is 5.97 Å². The van der Waals surface area contributed by atoms with E-state index in [1.54, 1.807) is 13.1 Å². The Hall–Kier alpha value is -2.10. The van der Waals surface area contributed by atoms with Gasteiger partial charge in [-0.2, -0.15) is 5.10 Å². The third-order valence-electron chi connectivity index (χ3n) is 3.18. The summed E-state index contributed by atoms with van der Waals surface area (Å²) in [5.74, 6) is -0.309. The maximum absolute atomic E-state index is 11.7. The Labute approximate surface area is 113 Å². The first-order chi connectivity index (χ1) is 9.13. The van der Waals surface area contributed by atoms with E-state index < -0.39 is 0 Å². The number of nitrogens with zero attached hydrogens (tertiary/aromatic N) is 2. The Morgan fingerprint density at radius 2 is 2.05 bits per heavy atom. The van der Waals surface area contributed by atoms with Gasteiger partial charge in [-0.1, -0.05) is 24.3 Å². The Kier molecular flexibility index (Phi) is 4.00. The van der Waals surface area contributed by atoms with E-state index in [0.29, 0.717) is 18.7 Å². The van der Waals surface area contributed by atoms with E-state index in [2.05, 4.69) is 24.2 Å². The zero-order valence-electron chi connectivity index (χ0n) is 11.5. The fraction of sp³-hybridized carbons (Fsp3) is 0.333. The van der Waals surface area contributed by atoms with Crippen molar-refractivity contribution in [2.75, 3.05) is 6.61 Å². The molecule has 0 bridgehead atoms. The molecule has 2 rings (SSSR count). The number of hydrogen-bond acceptors (Lipinski definition) is 3. The van der Waals surface area contributed by atoms with E-state index in [-0.39, 0.29) is 5.97 Å². The summed E-state index contributed by atoms with van der Waals surface area (Å²) in [6.07, 6.45) is 1.58. The first-order valence-electron chi connectivity index (χ1n) is 6.37. The largest absolute Gasteiger partial charge is 0.462 e. The van der Waals surface area contributed by atoms with Crippen LogP contribution in [0.3, 0.4) is 0 Å². The van der Waals surface area contributed by atoms with Crippen LogP contribution in [0.25, 0.3) is 0 Å². The van der Waals surface area contributed by atoms with Crippen molar-refractivity contribution < 1.29 is 9.53 Å². The lowest BCUT2D eigenvalue weighted by molar-refractivity contribution is 0.0525. The van der Waals surface area contributed by atoms with E-state index in [0.717, 1.165) is 5.69 Å². The van der Waals surface area contributed by atoms with Crippen LogP contribution in [0.2, 0.25) is 0 Å². The predicted octanol–water partition coefficient (Wildman–Crippen LogP) is 2.72. The summed E-state index contributed by atoms with van der Waals surface area (Å²) in [6, 6.07) is 8.16. The molecule has 0 spiro atoms. The average Bonchev–Trinajstić information content (AvgIpc) is 2.74. The van der Waals surface area contributed by atoms with Crippen LogP contribution in [0.4, 0.5) is 0 Å². The summed E-state index contributed by atoms with van der Waals surface area (Å²) < 4.78 is 6.83. The van der Waals surface area contributed by atoms with Gasteiger partial charge in [0.05, 0.1) is 25.0 Å². The fourth-order valence-electron chi connectivity index (χ4n) is 1.96. The molecule has 4 heteroatoms. The molecule has 100 valence electrons. The van der Waals surface area contributed by atoms with Gasteiger partial charge in [0.15, 0.2) is 0 Å². The number of aryl methyl sites for hydroxylation is 1. The lowest BCUT2D eigenvalue weighted by Crippen LogP contribution is -2.09. The van der Waals surface area contributed by atoms with Gasteiger partial charge >= 0.3 is 5.97 Å². The van der Waals surface area contributed by atoms with Gasteiger partial charge in [0.1, 0.15) is 5.56 Å². The van der Waals surface area contributed by atoms with Crippen molar-refractivity contribution in [3.8, 4) is 0 Å². The van der Waals surface area contributed by atoms with E-state index in [9.17, 15) is 4.79 Å². The number of benzene rings is 1. The third-order valence-corrected chi connectivity index (χ3v) is 3.18. The monoisotopic (exact) mass is 258 g/mol. The predicted molar refractivity (Wildman–Crippen MR) is 73.2 cm³/mol. The Morgan fingerprint density at radius 3 is 2.74 bits per heavy atom. The zero-order chi connectivity index (χ0) is 13.8. The molecule has 0 saturated carbocycles. The average molecular weight is 258 g/mol.